The van der Waals surface area contributed by atoms with E-state index in [-0.39, 0.29) is 11.5 Å². The molecule has 1 aliphatic carbocycles. The van der Waals surface area contributed by atoms with E-state index in [0.29, 0.717) is 11.7 Å². The van der Waals surface area contributed by atoms with Gasteiger partial charge in [0.2, 0.25) is 0 Å². The normalized spacial score (nSPS) is 25.5. The molecule has 0 radical (unpaired) electrons. The number of hydrogen-bond donors (Lipinski definition) is 0. The first-order chi connectivity index (χ1) is 14.4. The van der Waals surface area contributed by atoms with E-state index in [2.05, 4.69) is 58.1 Å². The molecule has 4 rings (SSSR count). The molecule has 1 aromatic rings. The molecule has 5 heteroatoms. The van der Waals surface area contributed by atoms with E-state index >= 15 is 0 Å². The topological polar surface area (TPSA) is 27.7 Å². The third-order valence-corrected chi connectivity index (χ3v) is 6.69. The predicted octanol–water partition coefficient (Wildman–Crippen LogP) is 5.56. The molecule has 2 heterocycles. The van der Waals surface area contributed by atoms with Gasteiger partial charge in [-0.15, -0.1) is 18.3 Å². The first-order valence-electron chi connectivity index (χ1n) is 10.1. The number of quaternary nitrogens is 1. The molecule has 2 unspecified atom stereocenters. The average molecular weight is 425 g/mol. The SMILES string of the molecule is C=CCC12C=CC3C(=COc4cc(OCSC)c(OC)cc43)C1=CC(C)=C[N+]2(C)C. The number of allylic oxidation sites excluding steroid dienone is 3. The highest BCUT2D eigenvalue weighted by molar-refractivity contribution is 7.98. The van der Waals surface area contributed by atoms with Crippen molar-refractivity contribution in [1.82, 2.24) is 0 Å². The van der Waals surface area contributed by atoms with E-state index in [4.69, 9.17) is 14.2 Å². The van der Waals surface area contributed by atoms with E-state index in [0.717, 1.165) is 28.0 Å². The van der Waals surface area contributed by atoms with Gasteiger partial charge in [0.15, 0.2) is 17.0 Å². The van der Waals surface area contributed by atoms with Crippen LogP contribution >= 0.6 is 11.8 Å². The van der Waals surface area contributed by atoms with Crippen molar-refractivity contribution in [2.75, 3.05) is 33.4 Å². The number of methoxy groups -OCH3 is 1. The van der Waals surface area contributed by atoms with Gasteiger partial charge in [-0.3, -0.25) is 4.48 Å². The zero-order chi connectivity index (χ0) is 21.5. The summed E-state index contributed by atoms with van der Waals surface area (Å²) in [7, 11) is 6.18. The monoisotopic (exact) mass is 424 g/mol. The molecule has 2 aliphatic heterocycles. The highest BCUT2D eigenvalue weighted by atomic mass is 32.2. The molecule has 4 nitrogen and oxygen atoms in total. The van der Waals surface area contributed by atoms with Crippen LogP contribution in [0.3, 0.4) is 0 Å². The molecule has 0 saturated carbocycles. The molecule has 0 saturated heterocycles. The van der Waals surface area contributed by atoms with Crippen LogP contribution in [0.5, 0.6) is 17.2 Å². The first-order valence-corrected chi connectivity index (χ1v) is 11.5. The molecular formula is C25H30NO3S+. The Kier molecular flexibility index (Phi) is 5.37. The Bertz CT molecular complexity index is 1000. The lowest BCUT2D eigenvalue weighted by Crippen LogP contribution is -2.59. The van der Waals surface area contributed by atoms with Crippen molar-refractivity contribution in [2.24, 2.45) is 0 Å². The number of ether oxygens (including phenoxy) is 3. The highest BCUT2D eigenvalue weighted by Gasteiger charge is 2.52. The smallest absolute Gasteiger partial charge is 0.166 e. The molecule has 0 bridgehead atoms. The van der Waals surface area contributed by atoms with Gasteiger partial charge in [-0.05, 0) is 31.4 Å². The Morgan fingerprint density at radius 3 is 2.80 bits per heavy atom. The Hall–Kier alpha value is -2.37. The molecular weight excluding hydrogens is 394 g/mol. The van der Waals surface area contributed by atoms with E-state index in [9.17, 15) is 0 Å². The minimum atomic E-state index is -0.185. The van der Waals surface area contributed by atoms with Gasteiger partial charge in [0.25, 0.3) is 0 Å². The summed E-state index contributed by atoms with van der Waals surface area (Å²) in [5.41, 5.74) is 4.67. The van der Waals surface area contributed by atoms with Crippen LogP contribution in [-0.4, -0.2) is 43.4 Å². The summed E-state index contributed by atoms with van der Waals surface area (Å²) in [6.07, 6.45) is 16.1. The van der Waals surface area contributed by atoms with E-state index < -0.39 is 0 Å². The fourth-order valence-corrected chi connectivity index (χ4v) is 5.18. The number of likely N-dealkylation sites (N-methyl/N-ethyl adjacent to an activating group) is 1. The van der Waals surface area contributed by atoms with Crippen LogP contribution in [0.2, 0.25) is 0 Å². The number of rotatable bonds is 6. The summed E-state index contributed by atoms with van der Waals surface area (Å²) < 4.78 is 18.4. The van der Waals surface area contributed by atoms with Crippen molar-refractivity contribution in [3.8, 4) is 17.2 Å². The summed E-state index contributed by atoms with van der Waals surface area (Å²) in [6.45, 7) is 6.21. The second-order valence-corrected chi connectivity index (χ2v) is 9.32. The van der Waals surface area contributed by atoms with Crippen LogP contribution < -0.4 is 14.2 Å². The molecule has 3 aliphatic rings. The lowest BCUT2D eigenvalue weighted by molar-refractivity contribution is -0.881. The average Bonchev–Trinajstić information content (AvgIpc) is 2.71. The van der Waals surface area contributed by atoms with Gasteiger partial charge in [0.05, 0.1) is 33.7 Å². The van der Waals surface area contributed by atoms with Crippen molar-refractivity contribution in [1.29, 1.82) is 0 Å². The van der Waals surface area contributed by atoms with Gasteiger partial charge in [0, 0.05) is 40.7 Å². The van der Waals surface area contributed by atoms with Gasteiger partial charge in [-0.2, -0.15) is 0 Å². The van der Waals surface area contributed by atoms with Crippen LogP contribution in [0.25, 0.3) is 0 Å². The molecule has 0 aromatic heterocycles. The van der Waals surface area contributed by atoms with E-state index in [1.54, 1.807) is 18.9 Å². The maximum atomic E-state index is 6.16. The van der Waals surface area contributed by atoms with Gasteiger partial charge >= 0.3 is 0 Å². The summed E-state index contributed by atoms with van der Waals surface area (Å²) in [5, 5.41) is 0. The van der Waals surface area contributed by atoms with Crippen molar-refractivity contribution in [3.63, 3.8) is 0 Å². The maximum absolute atomic E-state index is 6.16. The second-order valence-electron chi connectivity index (χ2n) is 8.51. The molecule has 0 amide bonds. The standard InChI is InChI=1S/C25H30NO3S/c1-7-9-25-10-8-18-19-12-23(27-5)24(29-16-30-6)13-22(19)28-15-20(18)21(25)11-17(2)14-26(25,3)4/h7-8,10-15,18H,1,9,16H2,2-6H3/q+1. The third-order valence-electron chi connectivity index (χ3n) is 6.34. The zero-order valence-corrected chi connectivity index (χ0v) is 19.2. The van der Waals surface area contributed by atoms with Crippen molar-refractivity contribution in [3.05, 3.63) is 77.8 Å². The zero-order valence-electron chi connectivity index (χ0n) is 18.4. The first kappa shape index (κ1) is 20.9. The van der Waals surface area contributed by atoms with Crippen molar-refractivity contribution < 1.29 is 18.7 Å². The molecule has 1 aromatic carbocycles. The Morgan fingerprint density at radius 2 is 2.10 bits per heavy atom. The summed E-state index contributed by atoms with van der Waals surface area (Å²) >= 11 is 1.62. The number of hydrogen-bond acceptors (Lipinski definition) is 4. The van der Waals surface area contributed by atoms with Gasteiger partial charge < -0.3 is 14.2 Å². The van der Waals surface area contributed by atoms with Crippen LogP contribution in [-0.2, 0) is 0 Å². The minimum absolute atomic E-state index is 0.118. The number of thioether (sulfide) groups is 1. The van der Waals surface area contributed by atoms with Crippen LogP contribution in [0.4, 0.5) is 0 Å². The minimum Gasteiger partial charge on any atom is -0.493 e. The molecule has 0 spiro atoms. The van der Waals surface area contributed by atoms with Crippen molar-refractivity contribution >= 4 is 11.8 Å². The van der Waals surface area contributed by atoms with Crippen LogP contribution in [0.15, 0.2) is 72.2 Å². The van der Waals surface area contributed by atoms with E-state index in [1.807, 2.05) is 24.7 Å². The van der Waals surface area contributed by atoms with Crippen LogP contribution in [0.1, 0.15) is 24.8 Å². The predicted molar refractivity (Wildman–Crippen MR) is 124 cm³/mol. The maximum Gasteiger partial charge on any atom is 0.166 e. The molecule has 0 N–H and O–H groups in total. The third kappa shape index (κ3) is 3.12. The molecule has 158 valence electrons. The van der Waals surface area contributed by atoms with Crippen molar-refractivity contribution in [2.45, 2.75) is 24.8 Å². The highest BCUT2D eigenvalue weighted by Crippen LogP contribution is 2.54. The fraction of sp³-hybridized carbons (Fsp3) is 0.360. The number of fused-ring (bicyclic) bond motifs is 5. The summed E-state index contributed by atoms with van der Waals surface area (Å²) in [5.74, 6) is 2.94. The Labute approximate surface area is 183 Å². The number of nitrogens with zero attached hydrogens (tertiary/aromatic N) is 1. The Morgan fingerprint density at radius 1 is 1.30 bits per heavy atom. The molecule has 0 fully saturated rings. The lowest BCUT2D eigenvalue weighted by Gasteiger charge is -2.51. The summed E-state index contributed by atoms with van der Waals surface area (Å²) in [4.78, 5) is 0. The largest absolute Gasteiger partial charge is 0.493 e. The number of benzene rings is 1. The lowest BCUT2D eigenvalue weighted by atomic mass is 9.67. The van der Waals surface area contributed by atoms with Crippen LogP contribution in [0, 0.1) is 0 Å². The fourth-order valence-electron chi connectivity index (χ4n) is 4.93. The molecule has 2 atom stereocenters. The van der Waals surface area contributed by atoms with E-state index in [1.165, 1.54) is 16.7 Å². The van der Waals surface area contributed by atoms with Gasteiger partial charge in [0.1, 0.15) is 11.7 Å². The quantitative estimate of drug-likeness (QED) is 0.339. The van der Waals surface area contributed by atoms with Gasteiger partial charge in [-0.1, -0.05) is 12.2 Å². The second kappa shape index (κ2) is 7.71. The molecule has 30 heavy (non-hydrogen) atoms. The van der Waals surface area contributed by atoms with Gasteiger partial charge in [-0.25, -0.2) is 0 Å². The Balaban J connectivity index is 1.84. The summed E-state index contributed by atoms with van der Waals surface area (Å²) in [6, 6.07) is 4.00.